The van der Waals surface area contributed by atoms with Crippen LogP contribution in [0.1, 0.15) is 0 Å². The molecule has 0 fully saturated rings. The molecule has 2 aromatic rings. The zero-order valence-corrected chi connectivity index (χ0v) is 7.01. The summed E-state index contributed by atoms with van der Waals surface area (Å²) in [4.78, 5) is 0. The summed E-state index contributed by atoms with van der Waals surface area (Å²) in [6, 6.07) is 13.7. The maximum absolute atomic E-state index is 8.78. The van der Waals surface area contributed by atoms with Crippen LogP contribution in [0.15, 0.2) is 48.7 Å². The lowest BCUT2D eigenvalue weighted by molar-refractivity contribution is 1.11. The van der Waals surface area contributed by atoms with Crippen LogP contribution in [-0.4, -0.2) is 4.57 Å². The molecule has 2 heteroatoms. The molecule has 0 aliphatic heterocycles. The van der Waals surface area contributed by atoms with Crippen molar-refractivity contribution in [3.8, 4) is 17.5 Å². The van der Waals surface area contributed by atoms with E-state index in [1.165, 1.54) is 0 Å². The molecule has 0 radical (unpaired) electrons. The third-order valence-corrected chi connectivity index (χ3v) is 1.93. The summed E-state index contributed by atoms with van der Waals surface area (Å²) in [5.74, 6) is 0. The zero-order chi connectivity index (χ0) is 9.10. The smallest absolute Gasteiger partial charge is 0.188 e. The van der Waals surface area contributed by atoms with E-state index in [-0.39, 0.29) is 0 Å². The number of aromatic nitrogens is 1. The van der Waals surface area contributed by atoms with Gasteiger partial charge in [-0.25, -0.2) is 0 Å². The van der Waals surface area contributed by atoms with Gasteiger partial charge in [0.15, 0.2) is 6.19 Å². The van der Waals surface area contributed by atoms with Gasteiger partial charge in [0.05, 0.1) is 5.69 Å². The quantitative estimate of drug-likeness (QED) is 0.643. The number of benzene rings is 1. The van der Waals surface area contributed by atoms with Gasteiger partial charge in [0, 0.05) is 6.20 Å². The molecule has 0 atom stereocenters. The fourth-order valence-electron chi connectivity index (χ4n) is 1.31. The van der Waals surface area contributed by atoms with Gasteiger partial charge < -0.3 is 0 Å². The Balaban J connectivity index is 2.54. The normalized spacial score (nSPS) is 9.46. The van der Waals surface area contributed by atoms with E-state index in [9.17, 15) is 0 Å². The Morgan fingerprint density at radius 3 is 2.46 bits per heavy atom. The second kappa shape index (κ2) is 3.16. The Morgan fingerprint density at radius 2 is 1.77 bits per heavy atom. The summed E-state index contributed by atoms with van der Waals surface area (Å²) >= 11 is 0. The fraction of sp³-hybridized carbons (Fsp3) is 0. The highest BCUT2D eigenvalue weighted by Crippen LogP contribution is 2.18. The molecule has 0 amide bonds. The zero-order valence-electron chi connectivity index (χ0n) is 7.01. The van der Waals surface area contributed by atoms with Crippen LogP contribution in [0.4, 0.5) is 0 Å². The van der Waals surface area contributed by atoms with Gasteiger partial charge in [-0.2, -0.15) is 5.26 Å². The molecule has 62 valence electrons. The predicted octanol–water partition coefficient (Wildman–Crippen LogP) is 2.48. The first-order valence-electron chi connectivity index (χ1n) is 4.05. The van der Waals surface area contributed by atoms with Crippen molar-refractivity contribution < 1.29 is 0 Å². The standard InChI is InChI=1S/C11H8N2/c12-9-13-8-4-7-11(13)10-5-2-1-3-6-10/h1-8H. The second-order valence-electron chi connectivity index (χ2n) is 2.73. The molecule has 0 aliphatic rings. The molecule has 13 heavy (non-hydrogen) atoms. The topological polar surface area (TPSA) is 28.7 Å². The molecule has 0 N–H and O–H groups in total. The summed E-state index contributed by atoms with van der Waals surface area (Å²) < 4.78 is 1.55. The predicted molar refractivity (Wildman–Crippen MR) is 50.9 cm³/mol. The van der Waals surface area contributed by atoms with Gasteiger partial charge in [-0.1, -0.05) is 30.3 Å². The molecule has 0 spiro atoms. The van der Waals surface area contributed by atoms with Crippen molar-refractivity contribution in [2.24, 2.45) is 0 Å². The molecule has 0 saturated carbocycles. The lowest BCUT2D eigenvalue weighted by Crippen LogP contribution is -1.88. The number of nitriles is 1. The molecule has 0 saturated heterocycles. The summed E-state index contributed by atoms with van der Waals surface area (Å²) in [5.41, 5.74) is 2.00. The average Bonchev–Trinajstić information content (AvgIpc) is 2.67. The first kappa shape index (κ1) is 7.63. The molecule has 1 aromatic heterocycles. The minimum Gasteiger partial charge on any atom is -0.254 e. The van der Waals surface area contributed by atoms with Crippen molar-refractivity contribution >= 4 is 0 Å². The second-order valence-corrected chi connectivity index (χ2v) is 2.73. The van der Waals surface area contributed by atoms with E-state index in [1.807, 2.05) is 42.5 Å². The third-order valence-electron chi connectivity index (χ3n) is 1.93. The van der Waals surface area contributed by atoms with Gasteiger partial charge in [0.25, 0.3) is 0 Å². The molecule has 2 nitrogen and oxygen atoms in total. The highest BCUT2D eigenvalue weighted by atomic mass is 15.0. The Labute approximate surface area is 76.7 Å². The molecule has 0 unspecified atom stereocenters. The van der Waals surface area contributed by atoms with Gasteiger partial charge in [-0.15, -0.1) is 0 Å². The van der Waals surface area contributed by atoms with Crippen molar-refractivity contribution in [2.75, 3.05) is 0 Å². The minimum absolute atomic E-state index is 0.933. The van der Waals surface area contributed by atoms with E-state index in [0.717, 1.165) is 11.3 Å². The maximum atomic E-state index is 8.78. The monoisotopic (exact) mass is 168 g/mol. The lowest BCUT2D eigenvalue weighted by Gasteiger charge is -1.99. The number of hydrogen-bond donors (Lipinski definition) is 0. The Kier molecular flexibility index (Phi) is 1.85. The largest absolute Gasteiger partial charge is 0.254 e. The molecule has 1 heterocycles. The van der Waals surface area contributed by atoms with Gasteiger partial charge in [-0.05, 0) is 17.7 Å². The van der Waals surface area contributed by atoms with Crippen molar-refractivity contribution in [3.05, 3.63) is 48.7 Å². The average molecular weight is 168 g/mol. The lowest BCUT2D eigenvalue weighted by atomic mass is 10.1. The minimum atomic E-state index is 0.933. The molecular formula is C11H8N2. The Bertz CT molecular complexity index is 435. The van der Waals surface area contributed by atoms with E-state index >= 15 is 0 Å². The molecule has 2 rings (SSSR count). The summed E-state index contributed by atoms with van der Waals surface area (Å²) in [7, 11) is 0. The van der Waals surface area contributed by atoms with Gasteiger partial charge in [-0.3, -0.25) is 4.57 Å². The maximum Gasteiger partial charge on any atom is 0.188 e. The van der Waals surface area contributed by atoms with Crippen molar-refractivity contribution in [3.63, 3.8) is 0 Å². The van der Waals surface area contributed by atoms with Crippen molar-refractivity contribution in [1.29, 1.82) is 5.26 Å². The van der Waals surface area contributed by atoms with E-state index in [0.29, 0.717) is 0 Å². The van der Waals surface area contributed by atoms with Crippen LogP contribution in [0.5, 0.6) is 0 Å². The first-order chi connectivity index (χ1) is 6.42. The van der Waals surface area contributed by atoms with Crippen LogP contribution in [0, 0.1) is 11.5 Å². The van der Waals surface area contributed by atoms with E-state index in [1.54, 1.807) is 10.8 Å². The van der Waals surface area contributed by atoms with Crippen LogP contribution >= 0.6 is 0 Å². The van der Waals surface area contributed by atoms with E-state index in [4.69, 9.17) is 5.26 Å². The molecular weight excluding hydrogens is 160 g/mol. The SMILES string of the molecule is N#Cn1cccc1-c1ccccc1. The molecule has 1 aromatic carbocycles. The Morgan fingerprint density at radius 1 is 1.00 bits per heavy atom. The van der Waals surface area contributed by atoms with Gasteiger partial charge >= 0.3 is 0 Å². The first-order valence-corrected chi connectivity index (χ1v) is 4.05. The van der Waals surface area contributed by atoms with Crippen LogP contribution < -0.4 is 0 Å². The molecule has 0 bridgehead atoms. The molecule has 0 aliphatic carbocycles. The highest BCUT2D eigenvalue weighted by Gasteiger charge is 2.00. The Hall–Kier alpha value is -2.01. The number of nitrogens with zero attached hydrogens (tertiary/aromatic N) is 2. The van der Waals surface area contributed by atoms with Gasteiger partial charge in [0.2, 0.25) is 0 Å². The number of hydrogen-bond acceptors (Lipinski definition) is 1. The van der Waals surface area contributed by atoms with Gasteiger partial charge in [0.1, 0.15) is 0 Å². The van der Waals surface area contributed by atoms with Crippen molar-refractivity contribution in [1.82, 2.24) is 4.57 Å². The van der Waals surface area contributed by atoms with Crippen LogP contribution in [-0.2, 0) is 0 Å². The van der Waals surface area contributed by atoms with Crippen LogP contribution in [0.3, 0.4) is 0 Å². The number of rotatable bonds is 1. The van der Waals surface area contributed by atoms with Crippen LogP contribution in [0.2, 0.25) is 0 Å². The third kappa shape index (κ3) is 1.32. The summed E-state index contributed by atoms with van der Waals surface area (Å²) in [6.07, 6.45) is 3.84. The fourth-order valence-corrected chi connectivity index (χ4v) is 1.31. The van der Waals surface area contributed by atoms with Crippen LogP contribution in [0.25, 0.3) is 11.3 Å². The summed E-state index contributed by atoms with van der Waals surface area (Å²) in [5, 5.41) is 8.78. The summed E-state index contributed by atoms with van der Waals surface area (Å²) in [6.45, 7) is 0. The van der Waals surface area contributed by atoms with Crippen molar-refractivity contribution in [2.45, 2.75) is 0 Å². The van der Waals surface area contributed by atoms with E-state index in [2.05, 4.69) is 6.19 Å². The highest BCUT2D eigenvalue weighted by molar-refractivity contribution is 5.60. The van der Waals surface area contributed by atoms with E-state index < -0.39 is 0 Å².